The number of halogens is 1. The van der Waals surface area contributed by atoms with Crippen molar-refractivity contribution < 1.29 is 23.5 Å². The molecule has 0 saturated heterocycles. The lowest BCUT2D eigenvalue weighted by Gasteiger charge is -2.16. The molecule has 28 heavy (non-hydrogen) atoms. The van der Waals surface area contributed by atoms with Crippen molar-refractivity contribution >= 4 is 11.8 Å². The largest absolute Gasteiger partial charge is 0.382 e. The van der Waals surface area contributed by atoms with E-state index in [2.05, 4.69) is 10.6 Å². The van der Waals surface area contributed by atoms with Crippen molar-refractivity contribution in [3.63, 3.8) is 0 Å². The third-order valence-electron chi connectivity index (χ3n) is 3.94. The summed E-state index contributed by atoms with van der Waals surface area (Å²) in [5.41, 5.74) is 2.67. The summed E-state index contributed by atoms with van der Waals surface area (Å²) in [6.07, 6.45) is 0. The van der Waals surface area contributed by atoms with Crippen molar-refractivity contribution in [1.82, 2.24) is 10.6 Å². The van der Waals surface area contributed by atoms with Gasteiger partial charge in [0.05, 0.1) is 19.8 Å². The normalized spacial score (nSPS) is 11.7. The van der Waals surface area contributed by atoms with Gasteiger partial charge in [-0.25, -0.2) is 4.39 Å². The lowest BCUT2D eigenvalue weighted by Crippen LogP contribution is -2.48. The fourth-order valence-corrected chi connectivity index (χ4v) is 2.57. The number of nitrogens with one attached hydrogen (secondary N) is 2. The van der Waals surface area contributed by atoms with Crippen LogP contribution in [-0.2, 0) is 38.8 Å². The Labute approximate surface area is 164 Å². The maximum Gasteiger partial charge on any atom is 0.245 e. The van der Waals surface area contributed by atoms with E-state index >= 15 is 0 Å². The summed E-state index contributed by atoms with van der Waals surface area (Å²) in [4.78, 5) is 23.3. The second-order valence-corrected chi connectivity index (χ2v) is 6.37. The average Bonchev–Trinajstić information content (AvgIpc) is 2.66. The highest BCUT2D eigenvalue weighted by Crippen LogP contribution is 2.09. The van der Waals surface area contributed by atoms with E-state index in [9.17, 15) is 14.0 Å². The first-order valence-corrected chi connectivity index (χ1v) is 8.91. The van der Waals surface area contributed by atoms with E-state index in [0.717, 1.165) is 16.7 Å². The van der Waals surface area contributed by atoms with Gasteiger partial charge in [0.15, 0.2) is 0 Å². The predicted molar refractivity (Wildman–Crippen MR) is 103 cm³/mol. The number of methoxy groups -OCH3 is 1. The summed E-state index contributed by atoms with van der Waals surface area (Å²) in [6, 6.07) is 13.2. The highest BCUT2D eigenvalue weighted by molar-refractivity contribution is 5.86. The molecule has 0 aliphatic rings. The summed E-state index contributed by atoms with van der Waals surface area (Å²) in [6.45, 7) is 2.53. The van der Waals surface area contributed by atoms with E-state index in [1.165, 1.54) is 26.2 Å². The van der Waals surface area contributed by atoms with Crippen LogP contribution in [0.2, 0.25) is 0 Å². The minimum absolute atomic E-state index is 0.104. The van der Waals surface area contributed by atoms with Crippen LogP contribution in [0.3, 0.4) is 0 Å². The third kappa shape index (κ3) is 7.46. The number of hydrogen-bond donors (Lipinski definition) is 2. The van der Waals surface area contributed by atoms with Crippen molar-refractivity contribution in [2.24, 2.45) is 0 Å². The minimum atomic E-state index is -0.724. The fraction of sp³-hybridized carbons (Fsp3) is 0.333. The first-order chi connectivity index (χ1) is 13.5. The molecule has 2 aromatic rings. The summed E-state index contributed by atoms with van der Waals surface area (Å²) in [5, 5.41) is 5.33. The molecule has 0 fully saturated rings. The van der Waals surface area contributed by atoms with E-state index in [4.69, 9.17) is 9.47 Å². The van der Waals surface area contributed by atoms with Crippen LogP contribution in [-0.4, -0.2) is 31.6 Å². The molecule has 0 bridgehead atoms. The van der Waals surface area contributed by atoms with Gasteiger partial charge in [0, 0.05) is 20.6 Å². The Morgan fingerprint density at radius 3 is 2.36 bits per heavy atom. The molecule has 0 saturated carbocycles. The maximum atomic E-state index is 13.1. The van der Waals surface area contributed by atoms with E-state index in [1.54, 1.807) is 6.07 Å². The van der Waals surface area contributed by atoms with E-state index < -0.39 is 6.04 Å². The summed E-state index contributed by atoms with van der Waals surface area (Å²) >= 11 is 0. The number of ether oxygens (including phenoxy) is 2. The number of amides is 2. The molecule has 6 nitrogen and oxygen atoms in total. The average molecular weight is 388 g/mol. The Bertz CT molecular complexity index is 780. The SMILES string of the molecule is COC[C@@H](NC(C)=O)C(=O)NCc1ccc(COCc2cccc(F)c2)cc1. The number of benzene rings is 2. The Balaban J connectivity index is 1.78. The molecule has 0 aliphatic carbocycles. The maximum absolute atomic E-state index is 13.1. The van der Waals surface area contributed by atoms with Gasteiger partial charge in [-0.05, 0) is 28.8 Å². The number of carbonyl (C=O) groups is 2. The summed E-state index contributed by atoms with van der Waals surface area (Å²) in [7, 11) is 1.47. The number of carbonyl (C=O) groups excluding carboxylic acids is 2. The topological polar surface area (TPSA) is 76.7 Å². The van der Waals surface area contributed by atoms with Crippen molar-refractivity contribution in [2.45, 2.75) is 32.7 Å². The molecule has 2 rings (SSSR count). The molecule has 0 spiro atoms. The van der Waals surface area contributed by atoms with Gasteiger partial charge in [-0.1, -0.05) is 36.4 Å². The van der Waals surface area contributed by atoms with Gasteiger partial charge in [-0.3, -0.25) is 9.59 Å². The third-order valence-corrected chi connectivity index (χ3v) is 3.94. The zero-order valence-electron chi connectivity index (χ0n) is 16.0. The molecule has 2 amide bonds. The van der Waals surface area contributed by atoms with Gasteiger partial charge in [0.2, 0.25) is 11.8 Å². The molecule has 2 aromatic carbocycles. The molecule has 0 unspecified atom stereocenters. The first-order valence-electron chi connectivity index (χ1n) is 8.91. The molecule has 1 atom stereocenters. The Morgan fingerprint density at radius 1 is 1.04 bits per heavy atom. The van der Waals surface area contributed by atoms with Gasteiger partial charge in [0.25, 0.3) is 0 Å². The van der Waals surface area contributed by atoms with Crippen LogP contribution >= 0.6 is 0 Å². The molecule has 2 N–H and O–H groups in total. The zero-order chi connectivity index (χ0) is 20.4. The lowest BCUT2D eigenvalue weighted by molar-refractivity contribution is -0.129. The fourth-order valence-electron chi connectivity index (χ4n) is 2.57. The van der Waals surface area contributed by atoms with Gasteiger partial charge in [-0.2, -0.15) is 0 Å². The number of hydrogen-bond acceptors (Lipinski definition) is 4. The molecular formula is C21H25FN2O4. The summed E-state index contributed by atoms with van der Waals surface area (Å²) in [5.74, 6) is -0.877. The van der Waals surface area contributed by atoms with Crippen LogP contribution in [0.1, 0.15) is 23.6 Å². The van der Waals surface area contributed by atoms with Crippen molar-refractivity contribution in [1.29, 1.82) is 0 Å². The Morgan fingerprint density at radius 2 is 1.71 bits per heavy atom. The van der Waals surface area contributed by atoms with Gasteiger partial charge < -0.3 is 20.1 Å². The van der Waals surface area contributed by atoms with Gasteiger partial charge in [0.1, 0.15) is 11.9 Å². The molecule has 150 valence electrons. The van der Waals surface area contributed by atoms with Crippen LogP contribution in [0.4, 0.5) is 4.39 Å². The van der Waals surface area contributed by atoms with E-state index in [-0.39, 0.29) is 24.2 Å². The van der Waals surface area contributed by atoms with Crippen molar-refractivity contribution in [3.05, 3.63) is 71.0 Å². The minimum Gasteiger partial charge on any atom is -0.382 e. The summed E-state index contributed by atoms with van der Waals surface area (Å²) < 4.78 is 23.7. The molecule has 0 aromatic heterocycles. The Hall–Kier alpha value is -2.77. The highest BCUT2D eigenvalue weighted by Gasteiger charge is 2.18. The highest BCUT2D eigenvalue weighted by atomic mass is 19.1. The Kier molecular flexibility index (Phi) is 8.58. The van der Waals surface area contributed by atoms with Crippen LogP contribution in [0.25, 0.3) is 0 Å². The standard InChI is InChI=1S/C21H25FN2O4/c1-15(25)24-20(14-27-2)21(26)23-11-16-6-8-17(9-7-16)12-28-13-18-4-3-5-19(22)10-18/h3-10,20H,11-14H2,1-2H3,(H,23,26)(H,24,25)/t20-/m1/s1. The quantitative estimate of drug-likeness (QED) is 0.655. The lowest BCUT2D eigenvalue weighted by atomic mass is 10.1. The second-order valence-electron chi connectivity index (χ2n) is 6.37. The molecule has 0 radical (unpaired) electrons. The van der Waals surface area contributed by atoms with Crippen LogP contribution < -0.4 is 10.6 Å². The van der Waals surface area contributed by atoms with E-state index in [0.29, 0.717) is 19.8 Å². The zero-order valence-corrected chi connectivity index (χ0v) is 16.0. The van der Waals surface area contributed by atoms with Crippen LogP contribution in [0.15, 0.2) is 48.5 Å². The first kappa shape index (κ1) is 21.5. The van der Waals surface area contributed by atoms with E-state index in [1.807, 2.05) is 30.3 Å². The second kappa shape index (κ2) is 11.2. The molecule has 7 heteroatoms. The van der Waals surface area contributed by atoms with Crippen molar-refractivity contribution in [2.75, 3.05) is 13.7 Å². The molecular weight excluding hydrogens is 363 g/mol. The van der Waals surface area contributed by atoms with Gasteiger partial charge >= 0.3 is 0 Å². The number of rotatable bonds is 10. The van der Waals surface area contributed by atoms with Crippen molar-refractivity contribution in [3.8, 4) is 0 Å². The molecule has 0 aliphatic heterocycles. The predicted octanol–water partition coefficient (Wildman–Crippen LogP) is 2.31. The smallest absolute Gasteiger partial charge is 0.245 e. The van der Waals surface area contributed by atoms with Gasteiger partial charge in [-0.15, -0.1) is 0 Å². The molecule has 0 heterocycles. The van der Waals surface area contributed by atoms with Crippen LogP contribution in [0.5, 0.6) is 0 Å². The van der Waals surface area contributed by atoms with Crippen LogP contribution in [0, 0.1) is 5.82 Å². The monoisotopic (exact) mass is 388 g/mol.